The van der Waals surface area contributed by atoms with Gasteiger partial charge in [0.2, 0.25) is 0 Å². The molecule has 1 aromatic heterocycles. The molecule has 0 aliphatic rings. The Morgan fingerprint density at radius 3 is 2.67 bits per heavy atom. The van der Waals surface area contributed by atoms with Crippen molar-refractivity contribution in [2.24, 2.45) is 0 Å². The first-order valence-corrected chi connectivity index (χ1v) is 7.48. The van der Waals surface area contributed by atoms with Crippen LogP contribution in [0.15, 0.2) is 67.0 Å². The van der Waals surface area contributed by atoms with Gasteiger partial charge in [-0.25, -0.2) is 0 Å². The molecule has 1 unspecified atom stereocenters. The van der Waals surface area contributed by atoms with Crippen molar-refractivity contribution < 1.29 is 0 Å². The fourth-order valence-electron chi connectivity index (χ4n) is 2.85. The van der Waals surface area contributed by atoms with E-state index < -0.39 is 0 Å². The lowest BCUT2D eigenvalue weighted by Gasteiger charge is -2.20. The number of aromatic nitrogens is 1. The number of likely N-dealkylation sites (N-methyl/N-ethyl adjacent to an activating group) is 1. The summed E-state index contributed by atoms with van der Waals surface area (Å²) in [5, 5.41) is 6.24. The predicted octanol–water partition coefficient (Wildman–Crippen LogP) is 4.13. The molecule has 3 aromatic rings. The van der Waals surface area contributed by atoms with Crippen molar-refractivity contribution in [1.82, 2.24) is 10.3 Å². The summed E-state index contributed by atoms with van der Waals surface area (Å²) in [4.78, 5) is 4.23. The van der Waals surface area contributed by atoms with Gasteiger partial charge in [0.25, 0.3) is 0 Å². The van der Waals surface area contributed by atoms with Crippen LogP contribution in [0.2, 0.25) is 0 Å². The summed E-state index contributed by atoms with van der Waals surface area (Å²) in [7, 11) is 0. The Labute approximate surface area is 125 Å². The molecule has 0 saturated carbocycles. The number of nitrogens with one attached hydrogen (secondary N) is 1. The molecular formula is C19H20N2. The molecule has 2 heteroatoms. The third-order valence-electron chi connectivity index (χ3n) is 3.81. The van der Waals surface area contributed by atoms with Gasteiger partial charge >= 0.3 is 0 Å². The summed E-state index contributed by atoms with van der Waals surface area (Å²) in [6.07, 6.45) is 4.73. The molecule has 1 N–H and O–H groups in total. The summed E-state index contributed by atoms with van der Waals surface area (Å²) in [5.41, 5.74) is 2.62. The largest absolute Gasteiger partial charge is 0.310 e. The third kappa shape index (κ3) is 3.11. The normalized spacial score (nSPS) is 12.4. The SMILES string of the molecule is CCNC(Cc1cccnc1)c1cccc2ccccc12. The number of fused-ring (bicyclic) bond motifs is 1. The Morgan fingerprint density at radius 1 is 1.00 bits per heavy atom. The summed E-state index contributed by atoms with van der Waals surface area (Å²) in [6.45, 7) is 3.11. The predicted molar refractivity (Wildman–Crippen MR) is 88.3 cm³/mol. The molecule has 0 aliphatic carbocycles. The maximum absolute atomic E-state index is 4.23. The zero-order valence-corrected chi connectivity index (χ0v) is 12.3. The fraction of sp³-hybridized carbons (Fsp3) is 0.211. The summed E-state index contributed by atoms with van der Waals surface area (Å²) < 4.78 is 0. The monoisotopic (exact) mass is 276 g/mol. The molecule has 0 spiro atoms. The molecule has 1 atom stereocenters. The molecule has 2 aromatic carbocycles. The first-order chi connectivity index (χ1) is 10.4. The van der Waals surface area contributed by atoms with E-state index in [4.69, 9.17) is 0 Å². The topological polar surface area (TPSA) is 24.9 Å². The van der Waals surface area contributed by atoms with E-state index in [9.17, 15) is 0 Å². The van der Waals surface area contributed by atoms with Crippen molar-refractivity contribution in [2.45, 2.75) is 19.4 Å². The number of pyridine rings is 1. The average Bonchev–Trinajstić information content (AvgIpc) is 2.55. The Bertz CT molecular complexity index is 702. The van der Waals surface area contributed by atoms with Crippen molar-refractivity contribution in [1.29, 1.82) is 0 Å². The summed E-state index contributed by atoms with van der Waals surface area (Å²) in [5.74, 6) is 0. The molecule has 0 amide bonds. The van der Waals surface area contributed by atoms with Crippen molar-refractivity contribution >= 4 is 10.8 Å². The average molecular weight is 276 g/mol. The minimum Gasteiger partial charge on any atom is -0.310 e. The zero-order valence-electron chi connectivity index (χ0n) is 12.3. The van der Waals surface area contributed by atoms with Gasteiger partial charge in [0.05, 0.1) is 0 Å². The van der Waals surface area contributed by atoms with Crippen molar-refractivity contribution in [2.75, 3.05) is 6.54 Å². The first kappa shape index (κ1) is 13.8. The highest BCUT2D eigenvalue weighted by Gasteiger charge is 2.13. The molecule has 0 fully saturated rings. The van der Waals surface area contributed by atoms with Crippen LogP contribution in [0.3, 0.4) is 0 Å². The Hall–Kier alpha value is -2.19. The highest BCUT2D eigenvalue weighted by atomic mass is 14.9. The fourth-order valence-corrected chi connectivity index (χ4v) is 2.85. The second kappa shape index (κ2) is 6.51. The molecule has 21 heavy (non-hydrogen) atoms. The van der Waals surface area contributed by atoms with Crippen LogP contribution in [0.25, 0.3) is 10.8 Å². The number of rotatable bonds is 5. The number of hydrogen-bond acceptors (Lipinski definition) is 2. The Kier molecular flexibility index (Phi) is 4.27. The van der Waals surface area contributed by atoms with Crippen molar-refractivity contribution in [3.05, 3.63) is 78.1 Å². The molecule has 3 rings (SSSR count). The number of benzene rings is 2. The lowest BCUT2D eigenvalue weighted by atomic mass is 9.94. The first-order valence-electron chi connectivity index (χ1n) is 7.48. The Balaban J connectivity index is 1.99. The number of hydrogen-bond donors (Lipinski definition) is 1. The molecule has 2 nitrogen and oxygen atoms in total. The van der Waals surface area contributed by atoms with Gasteiger partial charge in [0.1, 0.15) is 0 Å². The van der Waals surface area contributed by atoms with Gasteiger partial charge in [-0.05, 0) is 40.9 Å². The van der Waals surface area contributed by atoms with Crippen LogP contribution in [-0.2, 0) is 6.42 Å². The van der Waals surface area contributed by atoms with Gasteiger partial charge in [0.15, 0.2) is 0 Å². The minimum atomic E-state index is 0.310. The summed E-state index contributed by atoms with van der Waals surface area (Å²) in [6, 6.07) is 19.6. The van der Waals surface area contributed by atoms with Gasteiger partial charge in [-0.1, -0.05) is 55.5 Å². The highest BCUT2D eigenvalue weighted by molar-refractivity contribution is 5.86. The van der Waals surface area contributed by atoms with Gasteiger partial charge in [0, 0.05) is 18.4 Å². The molecule has 0 aliphatic heterocycles. The molecule has 106 valence electrons. The van der Waals surface area contributed by atoms with Crippen LogP contribution in [-0.4, -0.2) is 11.5 Å². The van der Waals surface area contributed by atoms with Crippen molar-refractivity contribution in [3.8, 4) is 0 Å². The number of nitrogens with zero attached hydrogens (tertiary/aromatic N) is 1. The Morgan fingerprint density at radius 2 is 1.86 bits per heavy atom. The molecular weight excluding hydrogens is 256 g/mol. The van der Waals surface area contributed by atoms with Gasteiger partial charge in [-0.3, -0.25) is 4.98 Å². The van der Waals surface area contributed by atoms with E-state index in [1.807, 2.05) is 18.5 Å². The van der Waals surface area contributed by atoms with Crippen LogP contribution in [0, 0.1) is 0 Å². The van der Waals surface area contributed by atoms with E-state index in [1.165, 1.54) is 21.9 Å². The minimum absolute atomic E-state index is 0.310. The summed E-state index contributed by atoms with van der Waals surface area (Å²) >= 11 is 0. The van der Waals surface area contributed by atoms with E-state index in [0.717, 1.165) is 13.0 Å². The smallest absolute Gasteiger partial charge is 0.0367 e. The maximum atomic E-state index is 4.23. The van der Waals surface area contributed by atoms with E-state index in [-0.39, 0.29) is 0 Å². The molecule has 0 saturated heterocycles. The lowest BCUT2D eigenvalue weighted by molar-refractivity contribution is 0.552. The molecule has 1 heterocycles. The van der Waals surface area contributed by atoms with Crippen LogP contribution in [0.5, 0.6) is 0 Å². The van der Waals surface area contributed by atoms with E-state index in [2.05, 4.69) is 65.8 Å². The van der Waals surface area contributed by atoms with E-state index in [0.29, 0.717) is 6.04 Å². The standard InChI is InChI=1S/C19H20N2/c1-2-21-19(13-15-7-6-12-20-14-15)18-11-5-9-16-8-3-4-10-17(16)18/h3-12,14,19,21H,2,13H2,1H3. The quantitative estimate of drug-likeness (QED) is 0.758. The van der Waals surface area contributed by atoms with Crippen LogP contribution in [0.4, 0.5) is 0 Å². The third-order valence-corrected chi connectivity index (χ3v) is 3.81. The maximum Gasteiger partial charge on any atom is 0.0367 e. The second-order valence-corrected chi connectivity index (χ2v) is 5.24. The molecule has 0 bridgehead atoms. The van der Waals surface area contributed by atoms with E-state index in [1.54, 1.807) is 0 Å². The molecule has 0 radical (unpaired) electrons. The zero-order chi connectivity index (χ0) is 14.5. The van der Waals surface area contributed by atoms with Crippen LogP contribution < -0.4 is 5.32 Å². The van der Waals surface area contributed by atoms with Gasteiger partial charge < -0.3 is 5.32 Å². The van der Waals surface area contributed by atoms with Crippen LogP contribution in [0.1, 0.15) is 24.1 Å². The van der Waals surface area contributed by atoms with Gasteiger partial charge in [-0.2, -0.15) is 0 Å². The van der Waals surface area contributed by atoms with Crippen LogP contribution >= 0.6 is 0 Å². The highest BCUT2D eigenvalue weighted by Crippen LogP contribution is 2.26. The van der Waals surface area contributed by atoms with E-state index >= 15 is 0 Å². The second-order valence-electron chi connectivity index (χ2n) is 5.24. The van der Waals surface area contributed by atoms with Gasteiger partial charge in [-0.15, -0.1) is 0 Å². The van der Waals surface area contributed by atoms with Crippen molar-refractivity contribution in [3.63, 3.8) is 0 Å². The lowest BCUT2D eigenvalue weighted by Crippen LogP contribution is -2.23.